The fourth-order valence-corrected chi connectivity index (χ4v) is 3.01. The molecule has 5 nitrogen and oxygen atoms in total. The number of likely N-dealkylation sites (tertiary alicyclic amines) is 1. The van der Waals surface area contributed by atoms with Crippen LogP contribution in [-0.2, 0) is 6.54 Å². The molecule has 26 heavy (non-hydrogen) atoms. The van der Waals surface area contributed by atoms with Gasteiger partial charge < -0.3 is 15.4 Å². The van der Waals surface area contributed by atoms with Crippen LogP contribution in [0.25, 0.3) is 0 Å². The maximum absolute atomic E-state index is 12.1. The summed E-state index contributed by atoms with van der Waals surface area (Å²) in [6, 6.07) is 15.8. The third kappa shape index (κ3) is 5.42. The van der Waals surface area contributed by atoms with Crippen molar-refractivity contribution in [2.45, 2.75) is 25.6 Å². The van der Waals surface area contributed by atoms with Gasteiger partial charge in [0.25, 0.3) is 0 Å². The molecule has 1 saturated heterocycles. The fraction of sp³-hybridized carbons (Fsp3) is 0.316. The summed E-state index contributed by atoms with van der Waals surface area (Å²) in [4.78, 5) is 14.4. The molecule has 0 radical (unpaired) electrons. The van der Waals surface area contributed by atoms with Crippen molar-refractivity contribution in [1.82, 2.24) is 10.2 Å². The maximum Gasteiger partial charge on any atom is 0.387 e. The van der Waals surface area contributed by atoms with Crippen molar-refractivity contribution in [3.05, 3.63) is 60.2 Å². The number of urea groups is 1. The minimum atomic E-state index is -2.86. The lowest BCUT2D eigenvalue weighted by atomic mass is 10.2. The molecule has 1 heterocycles. The highest BCUT2D eigenvalue weighted by molar-refractivity contribution is 5.89. The van der Waals surface area contributed by atoms with E-state index in [9.17, 15) is 13.6 Å². The molecular weight excluding hydrogens is 340 g/mol. The van der Waals surface area contributed by atoms with E-state index in [0.717, 1.165) is 26.1 Å². The number of benzene rings is 2. The largest absolute Gasteiger partial charge is 0.435 e. The first kappa shape index (κ1) is 18.1. The van der Waals surface area contributed by atoms with Crippen LogP contribution in [0.5, 0.6) is 5.75 Å². The van der Waals surface area contributed by atoms with E-state index in [4.69, 9.17) is 0 Å². The normalized spacial score (nSPS) is 17.3. The van der Waals surface area contributed by atoms with Gasteiger partial charge in [-0.15, -0.1) is 0 Å². The van der Waals surface area contributed by atoms with Gasteiger partial charge in [-0.3, -0.25) is 4.90 Å². The lowest BCUT2D eigenvalue weighted by Crippen LogP contribution is -2.39. The summed E-state index contributed by atoms with van der Waals surface area (Å²) in [5, 5.41) is 5.65. The Morgan fingerprint density at radius 2 is 1.88 bits per heavy atom. The van der Waals surface area contributed by atoms with Crippen molar-refractivity contribution in [3.8, 4) is 5.75 Å². The predicted octanol–water partition coefficient (Wildman–Crippen LogP) is 3.68. The number of rotatable bonds is 6. The van der Waals surface area contributed by atoms with Crippen LogP contribution in [0.1, 0.15) is 12.0 Å². The van der Waals surface area contributed by atoms with E-state index in [1.54, 1.807) is 0 Å². The lowest BCUT2D eigenvalue weighted by molar-refractivity contribution is -0.0498. The zero-order chi connectivity index (χ0) is 18.4. The van der Waals surface area contributed by atoms with E-state index in [1.807, 2.05) is 18.2 Å². The standard InChI is InChI=1S/C19H21F2N3O2/c20-18(21)26-17-8-6-15(7-9-17)22-19(25)23-16-10-11-24(13-16)12-14-4-2-1-3-5-14/h1-9,16,18H,10-13H2,(H2,22,23,25). The second kappa shape index (κ2) is 8.62. The maximum atomic E-state index is 12.1. The molecule has 0 saturated carbocycles. The Bertz CT molecular complexity index is 710. The van der Waals surface area contributed by atoms with Gasteiger partial charge in [0.2, 0.25) is 0 Å². The highest BCUT2D eigenvalue weighted by Gasteiger charge is 2.23. The Labute approximate surface area is 151 Å². The third-order valence-electron chi connectivity index (χ3n) is 4.19. The minimum Gasteiger partial charge on any atom is -0.435 e. The van der Waals surface area contributed by atoms with Crippen LogP contribution in [-0.4, -0.2) is 36.7 Å². The molecule has 2 N–H and O–H groups in total. The van der Waals surface area contributed by atoms with Crippen molar-refractivity contribution in [2.75, 3.05) is 18.4 Å². The van der Waals surface area contributed by atoms with E-state index in [0.29, 0.717) is 5.69 Å². The monoisotopic (exact) mass is 361 g/mol. The van der Waals surface area contributed by atoms with Gasteiger partial charge in [0.15, 0.2) is 0 Å². The molecule has 3 rings (SSSR count). The van der Waals surface area contributed by atoms with Crippen LogP contribution in [0.3, 0.4) is 0 Å². The quantitative estimate of drug-likeness (QED) is 0.825. The molecule has 0 bridgehead atoms. The first-order valence-electron chi connectivity index (χ1n) is 8.47. The van der Waals surface area contributed by atoms with Gasteiger partial charge in [0.05, 0.1) is 0 Å². The van der Waals surface area contributed by atoms with Gasteiger partial charge in [-0.1, -0.05) is 30.3 Å². The Morgan fingerprint density at radius 3 is 2.58 bits per heavy atom. The van der Waals surface area contributed by atoms with Crippen molar-refractivity contribution >= 4 is 11.7 Å². The average molecular weight is 361 g/mol. The molecule has 138 valence electrons. The molecule has 0 spiro atoms. The zero-order valence-electron chi connectivity index (χ0n) is 14.2. The summed E-state index contributed by atoms with van der Waals surface area (Å²) in [6.45, 7) is -0.270. The summed E-state index contributed by atoms with van der Waals surface area (Å²) in [5.41, 5.74) is 1.77. The molecule has 2 aromatic rings. The van der Waals surface area contributed by atoms with Crippen LogP contribution in [0.15, 0.2) is 54.6 Å². The number of carbonyl (C=O) groups excluding carboxylic acids is 1. The van der Waals surface area contributed by atoms with Crippen molar-refractivity contribution in [2.24, 2.45) is 0 Å². The van der Waals surface area contributed by atoms with Gasteiger partial charge in [0.1, 0.15) is 5.75 Å². The van der Waals surface area contributed by atoms with Gasteiger partial charge in [-0.05, 0) is 36.2 Å². The first-order valence-corrected chi connectivity index (χ1v) is 8.47. The number of ether oxygens (including phenoxy) is 1. The molecule has 1 fully saturated rings. The highest BCUT2D eigenvalue weighted by atomic mass is 19.3. The number of alkyl halides is 2. The molecule has 7 heteroatoms. The molecule has 0 aromatic heterocycles. The molecule has 1 unspecified atom stereocenters. The summed E-state index contributed by atoms with van der Waals surface area (Å²) < 4.78 is 28.5. The third-order valence-corrected chi connectivity index (χ3v) is 4.19. The summed E-state index contributed by atoms with van der Waals surface area (Å²) in [5.74, 6) is 0.0540. The van der Waals surface area contributed by atoms with Crippen LogP contribution < -0.4 is 15.4 Å². The molecule has 1 aliphatic rings. The van der Waals surface area contributed by atoms with Crippen molar-refractivity contribution in [3.63, 3.8) is 0 Å². The lowest BCUT2D eigenvalue weighted by Gasteiger charge is -2.17. The minimum absolute atomic E-state index is 0.0540. The predicted molar refractivity (Wildman–Crippen MR) is 95.4 cm³/mol. The van der Waals surface area contributed by atoms with Crippen LogP contribution in [0, 0.1) is 0 Å². The van der Waals surface area contributed by atoms with Gasteiger partial charge >= 0.3 is 12.6 Å². The van der Waals surface area contributed by atoms with E-state index in [1.165, 1.54) is 29.8 Å². The molecule has 2 amide bonds. The van der Waals surface area contributed by atoms with Crippen LogP contribution >= 0.6 is 0 Å². The Hall–Kier alpha value is -2.67. The highest BCUT2D eigenvalue weighted by Crippen LogP contribution is 2.18. The van der Waals surface area contributed by atoms with Crippen LogP contribution in [0.2, 0.25) is 0 Å². The zero-order valence-corrected chi connectivity index (χ0v) is 14.2. The van der Waals surface area contributed by atoms with Gasteiger partial charge in [-0.25, -0.2) is 4.79 Å². The van der Waals surface area contributed by atoms with Crippen molar-refractivity contribution in [1.29, 1.82) is 0 Å². The number of nitrogens with one attached hydrogen (secondary N) is 2. The Kier molecular flexibility index (Phi) is 6.01. The Balaban J connectivity index is 1.44. The molecular formula is C19H21F2N3O2. The summed E-state index contributed by atoms with van der Waals surface area (Å²) >= 11 is 0. The van der Waals surface area contributed by atoms with E-state index in [2.05, 4.69) is 32.4 Å². The molecule has 0 aliphatic carbocycles. The molecule has 2 aromatic carbocycles. The number of carbonyl (C=O) groups is 1. The summed E-state index contributed by atoms with van der Waals surface area (Å²) in [7, 11) is 0. The SMILES string of the molecule is O=C(Nc1ccc(OC(F)F)cc1)NC1CCN(Cc2ccccc2)C1. The van der Waals surface area contributed by atoms with E-state index < -0.39 is 6.61 Å². The Morgan fingerprint density at radius 1 is 1.15 bits per heavy atom. The number of nitrogens with zero attached hydrogens (tertiary/aromatic N) is 1. The summed E-state index contributed by atoms with van der Waals surface area (Å²) in [6.07, 6.45) is 0.890. The van der Waals surface area contributed by atoms with E-state index in [-0.39, 0.29) is 17.8 Å². The van der Waals surface area contributed by atoms with Crippen LogP contribution in [0.4, 0.5) is 19.3 Å². The van der Waals surface area contributed by atoms with E-state index >= 15 is 0 Å². The van der Waals surface area contributed by atoms with Gasteiger partial charge in [0, 0.05) is 31.4 Å². The number of anilines is 1. The van der Waals surface area contributed by atoms with Gasteiger partial charge in [-0.2, -0.15) is 8.78 Å². The number of hydrogen-bond donors (Lipinski definition) is 2. The first-order chi connectivity index (χ1) is 12.6. The molecule has 1 aliphatic heterocycles. The van der Waals surface area contributed by atoms with Crippen molar-refractivity contribution < 1.29 is 18.3 Å². The smallest absolute Gasteiger partial charge is 0.387 e. The topological polar surface area (TPSA) is 53.6 Å². The number of halogens is 2. The molecule has 1 atom stereocenters. The number of hydrogen-bond acceptors (Lipinski definition) is 3. The fourth-order valence-electron chi connectivity index (χ4n) is 3.01. The second-order valence-electron chi connectivity index (χ2n) is 6.21. The average Bonchev–Trinajstić information content (AvgIpc) is 3.04. The second-order valence-corrected chi connectivity index (χ2v) is 6.21. The number of amides is 2.